The predicted octanol–water partition coefficient (Wildman–Crippen LogP) is 1.84. The number of benzene rings is 2. The highest BCUT2D eigenvalue weighted by molar-refractivity contribution is 7.89. The largest absolute Gasteiger partial charge is 0.493 e. The van der Waals surface area contributed by atoms with Crippen LogP contribution in [0, 0.1) is 0 Å². The van der Waals surface area contributed by atoms with Crippen LogP contribution in [0.4, 0.5) is 0 Å². The maximum absolute atomic E-state index is 12.4. The highest BCUT2D eigenvalue weighted by atomic mass is 32.2. The Bertz CT molecular complexity index is 907. The first-order valence-corrected chi connectivity index (χ1v) is 9.39. The monoisotopic (exact) mass is 361 g/mol. The number of rotatable bonds is 6. The van der Waals surface area contributed by atoms with Crippen molar-refractivity contribution in [3.63, 3.8) is 0 Å². The Morgan fingerprint density at radius 3 is 2.84 bits per heavy atom. The van der Waals surface area contributed by atoms with Crippen LogP contribution in [0.5, 0.6) is 5.75 Å². The average Bonchev–Trinajstić information content (AvgIpc) is 3.07. The molecule has 0 aromatic heterocycles. The molecule has 1 aliphatic rings. The quantitative estimate of drug-likeness (QED) is 0.766. The zero-order valence-corrected chi connectivity index (χ0v) is 14.5. The summed E-state index contributed by atoms with van der Waals surface area (Å²) in [5.74, 6) is 0.593. The van der Waals surface area contributed by atoms with Gasteiger partial charge in [0.2, 0.25) is 10.0 Å². The number of sulfonamides is 1. The van der Waals surface area contributed by atoms with Gasteiger partial charge in [-0.25, -0.2) is 13.1 Å². The second-order valence-electron chi connectivity index (χ2n) is 5.92. The zero-order chi connectivity index (χ0) is 18.0. The van der Waals surface area contributed by atoms with E-state index in [2.05, 4.69) is 4.72 Å². The second-order valence-corrected chi connectivity index (χ2v) is 7.68. The number of fused-ring (bicyclic) bond motifs is 1. The molecule has 0 unspecified atom stereocenters. The Labute approximate surface area is 146 Å². The molecule has 1 atom stereocenters. The average molecular weight is 361 g/mol. The summed E-state index contributed by atoms with van der Waals surface area (Å²) in [5, 5.41) is 10.3. The molecule has 0 fully saturated rings. The molecule has 0 saturated heterocycles. The first-order chi connectivity index (χ1) is 11.9. The fourth-order valence-corrected chi connectivity index (χ4v) is 3.77. The number of aliphatic hydroxyl groups is 1. The summed E-state index contributed by atoms with van der Waals surface area (Å²) < 4.78 is 32.6. The van der Waals surface area contributed by atoms with E-state index in [0.29, 0.717) is 17.7 Å². The van der Waals surface area contributed by atoms with Gasteiger partial charge in [-0.15, -0.1) is 0 Å². The molecule has 0 bridgehead atoms. The molecule has 7 heteroatoms. The maximum atomic E-state index is 12.4. The van der Waals surface area contributed by atoms with Crippen LogP contribution >= 0.6 is 0 Å². The van der Waals surface area contributed by atoms with Gasteiger partial charge in [0, 0.05) is 18.5 Å². The Morgan fingerprint density at radius 1 is 1.28 bits per heavy atom. The van der Waals surface area contributed by atoms with Crippen molar-refractivity contribution < 1.29 is 23.1 Å². The number of ether oxygens (including phenoxy) is 1. The summed E-state index contributed by atoms with van der Waals surface area (Å²) in [5.41, 5.74) is 1.96. The van der Waals surface area contributed by atoms with E-state index in [1.165, 1.54) is 25.1 Å². The van der Waals surface area contributed by atoms with Crippen molar-refractivity contribution in [3.05, 3.63) is 59.2 Å². The molecule has 6 nitrogen and oxygen atoms in total. The highest BCUT2D eigenvalue weighted by Crippen LogP contribution is 2.28. The van der Waals surface area contributed by atoms with Gasteiger partial charge in [-0.1, -0.05) is 18.2 Å². The van der Waals surface area contributed by atoms with Gasteiger partial charge in [0.05, 0.1) is 17.6 Å². The van der Waals surface area contributed by atoms with E-state index in [1.54, 1.807) is 18.2 Å². The highest BCUT2D eigenvalue weighted by Gasteiger charge is 2.19. The third kappa shape index (κ3) is 3.89. The van der Waals surface area contributed by atoms with Gasteiger partial charge in [0.1, 0.15) is 5.75 Å². The van der Waals surface area contributed by atoms with Crippen molar-refractivity contribution in [1.29, 1.82) is 0 Å². The van der Waals surface area contributed by atoms with Gasteiger partial charge >= 0.3 is 0 Å². The molecular formula is C18H19NO5S. The van der Waals surface area contributed by atoms with Crippen molar-refractivity contribution in [2.75, 3.05) is 13.2 Å². The molecular weight excluding hydrogens is 342 g/mol. The van der Waals surface area contributed by atoms with Crippen LogP contribution in [0.3, 0.4) is 0 Å². The molecule has 1 heterocycles. The van der Waals surface area contributed by atoms with E-state index in [-0.39, 0.29) is 17.2 Å². The number of nitrogens with one attached hydrogen (secondary N) is 1. The van der Waals surface area contributed by atoms with E-state index < -0.39 is 16.1 Å². The SMILES string of the molecule is CC(=O)c1cccc(S(=O)(=O)NC[C@H](O)c2ccc3c(c2)CCO3)c1. The summed E-state index contributed by atoms with van der Waals surface area (Å²) in [6.07, 6.45) is -0.198. The molecule has 0 saturated carbocycles. The van der Waals surface area contributed by atoms with Gasteiger partial charge in [0.25, 0.3) is 0 Å². The number of carbonyl (C=O) groups excluding carboxylic acids is 1. The molecule has 0 amide bonds. The minimum absolute atomic E-state index is 0.00486. The topological polar surface area (TPSA) is 92.7 Å². The number of carbonyl (C=O) groups is 1. The molecule has 3 rings (SSSR count). The van der Waals surface area contributed by atoms with Crippen LogP contribution < -0.4 is 9.46 Å². The minimum atomic E-state index is -3.82. The van der Waals surface area contributed by atoms with Crippen molar-refractivity contribution in [2.24, 2.45) is 0 Å². The Balaban J connectivity index is 1.71. The van der Waals surface area contributed by atoms with Crippen molar-refractivity contribution in [2.45, 2.75) is 24.3 Å². The summed E-state index contributed by atoms with van der Waals surface area (Å²) in [4.78, 5) is 11.4. The van der Waals surface area contributed by atoms with E-state index >= 15 is 0 Å². The summed E-state index contributed by atoms with van der Waals surface area (Å²) in [6.45, 7) is 1.83. The lowest BCUT2D eigenvalue weighted by atomic mass is 10.0. The van der Waals surface area contributed by atoms with Gasteiger partial charge in [-0.05, 0) is 42.3 Å². The predicted molar refractivity (Wildman–Crippen MR) is 92.2 cm³/mol. The van der Waals surface area contributed by atoms with E-state index in [0.717, 1.165) is 17.7 Å². The molecule has 0 radical (unpaired) electrons. The van der Waals surface area contributed by atoms with Gasteiger partial charge < -0.3 is 9.84 Å². The lowest BCUT2D eigenvalue weighted by Crippen LogP contribution is -2.28. The third-order valence-electron chi connectivity index (χ3n) is 4.12. The number of ketones is 1. The van der Waals surface area contributed by atoms with E-state index in [1.807, 2.05) is 6.07 Å². The molecule has 2 N–H and O–H groups in total. The normalized spacial score (nSPS) is 14.6. The number of Topliss-reactive ketones (excluding diaryl/α,β-unsaturated/α-hetero) is 1. The fraction of sp³-hybridized carbons (Fsp3) is 0.278. The zero-order valence-electron chi connectivity index (χ0n) is 13.7. The minimum Gasteiger partial charge on any atom is -0.493 e. The third-order valence-corrected chi connectivity index (χ3v) is 5.54. The van der Waals surface area contributed by atoms with E-state index in [4.69, 9.17) is 4.74 Å². The lowest BCUT2D eigenvalue weighted by Gasteiger charge is -2.14. The molecule has 1 aliphatic heterocycles. The molecule has 0 aliphatic carbocycles. The first-order valence-electron chi connectivity index (χ1n) is 7.91. The molecule has 132 valence electrons. The van der Waals surface area contributed by atoms with Gasteiger partial charge in [-0.3, -0.25) is 4.79 Å². The second kappa shape index (κ2) is 6.95. The van der Waals surface area contributed by atoms with Crippen molar-refractivity contribution in [1.82, 2.24) is 4.72 Å². The number of aliphatic hydroxyl groups excluding tert-OH is 1. The standard InChI is InChI=1S/C18H19NO5S/c1-12(20)13-3-2-4-16(10-13)25(22,23)19-11-17(21)14-5-6-18-15(9-14)7-8-24-18/h2-6,9-10,17,19,21H,7-8,11H2,1H3/t17-/m0/s1. The number of hydrogen-bond acceptors (Lipinski definition) is 5. The van der Waals surface area contributed by atoms with Crippen LogP contribution in [0.1, 0.15) is 34.5 Å². The Morgan fingerprint density at radius 2 is 2.08 bits per heavy atom. The number of hydrogen-bond donors (Lipinski definition) is 2. The molecule has 2 aromatic rings. The molecule has 0 spiro atoms. The Kier molecular flexibility index (Phi) is 4.89. The van der Waals surface area contributed by atoms with Crippen molar-refractivity contribution >= 4 is 15.8 Å². The van der Waals surface area contributed by atoms with Crippen LogP contribution in [-0.4, -0.2) is 32.5 Å². The first kappa shape index (κ1) is 17.6. The fourth-order valence-electron chi connectivity index (χ4n) is 2.69. The molecule has 2 aromatic carbocycles. The van der Waals surface area contributed by atoms with Crippen molar-refractivity contribution in [3.8, 4) is 5.75 Å². The summed E-state index contributed by atoms with van der Waals surface area (Å²) >= 11 is 0. The van der Waals surface area contributed by atoms with Crippen LogP contribution in [0.15, 0.2) is 47.4 Å². The van der Waals surface area contributed by atoms with Crippen LogP contribution in [0.25, 0.3) is 0 Å². The summed E-state index contributed by atoms with van der Waals surface area (Å²) in [7, 11) is -3.82. The van der Waals surface area contributed by atoms with Gasteiger partial charge in [-0.2, -0.15) is 0 Å². The van der Waals surface area contributed by atoms with Crippen LogP contribution in [0.2, 0.25) is 0 Å². The lowest BCUT2D eigenvalue weighted by molar-refractivity contribution is 0.101. The summed E-state index contributed by atoms with van der Waals surface area (Å²) in [6, 6.07) is 11.1. The van der Waals surface area contributed by atoms with E-state index in [9.17, 15) is 18.3 Å². The Hall–Kier alpha value is -2.22. The molecule has 25 heavy (non-hydrogen) atoms. The van der Waals surface area contributed by atoms with Crippen LogP contribution in [-0.2, 0) is 16.4 Å². The smallest absolute Gasteiger partial charge is 0.240 e. The maximum Gasteiger partial charge on any atom is 0.240 e. The van der Waals surface area contributed by atoms with Gasteiger partial charge in [0.15, 0.2) is 5.78 Å².